The summed E-state index contributed by atoms with van der Waals surface area (Å²) < 4.78 is 15.6. The second kappa shape index (κ2) is 8.73. The van der Waals surface area contributed by atoms with Gasteiger partial charge in [-0.25, -0.2) is 4.79 Å². The molecule has 0 fully saturated rings. The number of ether oxygens (including phenoxy) is 2. The molecular weight excluding hydrogens is 384 g/mol. The summed E-state index contributed by atoms with van der Waals surface area (Å²) in [5.41, 5.74) is 4.20. The number of hydrogen-bond donors (Lipinski definition) is 2. The lowest BCUT2D eigenvalue weighted by atomic mass is 10.3. The maximum Gasteiger partial charge on any atom is 0.344 e. The number of halogens is 1. The highest BCUT2D eigenvalue weighted by atomic mass is 79.9. The number of hydrogen-bond acceptors (Lipinski definition) is 6. The fraction of sp³-hybridized carbons (Fsp3) is 0.133. The summed E-state index contributed by atoms with van der Waals surface area (Å²) in [4.78, 5) is 34.4. The Hall–Kier alpha value is -2.81. The van der Waals surface area contributed by atoms with Crippen molar-refractivity contribution in [2.75, 3.05) is 13.2 Å². The molecule has 0 radical (unpaired) electrons. The molecule has 0 saturated carbocycles. The summed E-state index contributed by atoms with van der Waals surface area (Å²) in [5, 5.41) is 0. The Morgan fingerprint density at radius 3 is 2.62 bits per heavy atom. The van der Waals surface area contributed by atoms with Gasteiger partial charge in [-0.15, -0.1) is 0 Å². The molecule has 2 rings (SSSR count). The van der Waals surface area contributed by atoms with Crippen molar-refractivity contribution < 1.29 is 28.3 Å². The number of nitrogens with one attached hydrogen (secondary N) is 2. The summed E-state index contributed by atoms with van der Waals surface area (Å²) in [7, 11) is 0. The molecule has 0 atom stereocenters. The second-order valence-electron chi connectivity index (χ2n) is 4.39. The van der Waals surface area contributed by atoms with Crippen molar-refractivity contribution in [3.05, 3.63) is 52.9 Å². The molecule has 0 bridgehead atoms. The molecule has 2 aromatic rings. The molecular formula is C15H13BrN2O6. The Morgan fingerprint density at radius 1 is 1.08 bits per heavy atom. The first-order valence-corrected chi connectivity index (χ1v) is 7.50. The van der Waals surface area contributed by atoms with E-state index in [9.17, 15) is 14.4 Å². The highest BCUT2D eigenvalue weighted by molar-refractivity contribution is 9.10. The molecule has 1 aromatic heterocycles. The molecule has 1 heterocycles. The van der Waals surface area contributed by atoms with Crippen molar-refractivity contribution in [2.24, 2.45) is 0 Å². The third kappa shape index (κ3) is 5.76. The predicted octanol–water partition coefficient (Wildman–Crippen LogP) is 1.43. The van der Waals surface area contributed by atoms with Crippen molar-refractivity contribution in [3.8, 4) is 5.75 Å². The number of benzene rings is 1. The Morgan fingerprint density at radius 2 is 1.92 bits per heavy atom. The number of esters is 1. The van der Waals surface area contributed by atoms with Crippen LogP contribution in [0.3, 0.4) is 0 Å². The van der Waals surface area contributed by atoms with Gasteiger partial charge in [0.05, 0.1) is 6.26 Å². The maximum atomic E-state index is 11.5. The van der Waals surface area contributed by atoms with E-state index in [1.165, 1.54) is 18.4 Å². The van der Waals surface area contributed by atoms with Gasteiger partial charge in [0.2, 0.25) is 0 Å². The first-order chi connectivity index (χ1) is 11.5. The van der Waals surface area contributed by atoms with Gasteiger partial charge in [0.25, 0.3) is 5.91 Å². The smallest absolute Gasteiger partial charge is 0.344 e. The molecule has 8 nitrogen and oxygen atoms in total. The molecule has 0 saturated heterocycles. The first-order valence-electron chi connectivity index (χ1n) is 6.71. The van der Waals surface area contributed by atoms with Gasteiger partial charge in [-0.2, -0.15) is 0 Å². The van der Waals surface area contributed by atoms with E-state index in [2.05, 4.69) is 26.8 Å². The van der Waals surface area contributed by atoms with E-state index in [-0.39, 0.29) is 12.4 Å². The number of carbonyl (C=O) groups is 3. The van der Waals surface area contributed by atoms with Gasteiger partial charge in [0.15, 0.2) is 19.0 Å². The van der Waals surface area contributed by atoms with E-state index in [0.717, 1.165) is 4.47 Å². The predicted molar refractivity (Wildman–Crippen MR) is 84.9 cm³/mol. The standard InChI is InChI=1S/C15H13BrN2O6/c16-10-3-1-4-11(7-10)23-9-14(20)24-8-13(19)17-18-15(21)12-5-2-6-22-12/h1-7H,8-9H2,(H,17,19)(H,18,21). The van der Waals surface area contributed by atoms with Gasteiger partial charge in [0.1, 0.15) is 5.75 Å². The SMILES string of the molecule is O=C(COC(=O)COc1cccc(Br)c1)NNC(=O)c1ccco1. The summed E-state index contributed by atoms with van der Waals surface area (Å²) >= 11 is 3.27. The van der Waals surface area contributed by atoms with E-state index in [0.29, 0.717) is 5.75 Å². The van der Waals surface area contributed by atoms with Crippen molar-refractivity contribution in [3.63, 3.8) is 0 Å². The zero-order chi connectivity index (χ0) is 17.4. The van der Waals surface area contributed by atoms with Crippen LogP contribution in [0.2, 0.25) is 0 Å². The van der Waals surface area contributed by atoms with E-state index >= 15 is 0 Å². The Balaban J connectivity index is 1.64. The quantitative estimate of drug-likeness (QED) is 0.564. The first kappa shape index (κ1) is 17.5. The van der Waals surface area contributed by atoms with Crippen LogP contribution in [-0.4, -0.2) is 31.0 Å². The van der Waals surface area contributed by atoms with E-state index in [1.54, 1.807) is 18.2 Å². The fourth-order valence-corrected chi connectivity index (χ4v) is 1.90. The third-order valence-corrected chi connectivity index (χ3v) is 3.07. The number of rotatable bonds is 6. The van der Waals surface area contributed by atoms with Gasteiger partial charge in [-0.3, -0.25) is 20.4 Å². The van der Waals surface area contributed by atoms with E-state index in [1.807, 2.05) is 6.07 Å². The molecule has 126 valence electrons. The third-order valence-electron chi connectivity index (χ3n) is 2.58. The topological polar surface area (TPSA) is 107 Å². The summed E-state index contributed by atoms with van der Waals surface area (Å²) in [6.07, 6.45) is 1.32. The lowest BCUT2D eigenvalue weighted by Crippen LogP contribution is -2.43. The maximum absolute atomic E-state index is 11.5. The van der Waals surface area contributed by atoms with E-state index in [4.69, 9.17) is 13.9 Å². The minimum absolute atomic E-state index is 0.0368. The average Bonchev–Trinajstić information content (AvgIpc) is 3.10. The molecule has 0 unspecified atom stereocenters. The Labute approximate surface area is 145 Å². The van der Waals surface area contributed by atoms with Gasteiger partial charge >= 0.3 is 11.9 Å². The molecule has 9 heteroatoms. The van der Waals surface area contributed by atoms with Crippen molar-refractivity contribution in [1.29, 1.82) is 0 Å². The lowest BCUT2D eigenvalue weighted by molar-refractivity contribution is -0.150. The lowest BCUT2D eigenvalue weighted by Gasteiger charge is -2.08. The van der Waals surface area contributed by atoms with Crippen LogP contribution in [0.4, 0.5) is 0 Å². The zero-order valence-corrected chi connectivity index (χ0v) is 13.9. The average molecular weight is 397 g/mol. The van der Waals surface area contributed by atoms with Crippen LogP contribution in [0, 0.1) is 0 Å². The van der Waals surface area contributed by atoms with E-state index < -0.39 is 24.4 Å². The number of amides is 2. The molecule has 0 aliphatic carbocycles. The highest BCUT2D eigenvalue weighted by Gasteiger charge is 2.11. The van der Waals surface area contributed by atoms with Gasteiger partial charge in [-0.1, -0.05) is 22.0 Å². The minimum atomic E-state index is -0.720. The normalized spacial score (nSPS) is 9.88. The second-order valence-corrected chi connectivity index (χ2v) is 5.30. The molecule has 2 N–H and O–H groups in total. The molecule has 1 aromatic carbocycles. The fourth-order valence-electron chi connectivity index (χ4n) is 1.52. The molecule has 24 heavy (non-hydrogen) atoms. The van der Waals surface area contributed by atoms with Crippen molar-refractivity contribution >= 4 is 33.7 Å². The van der Waals surface area contributed by atoms with Gasteiger partial charge in [-0.05, 0) is 30.3 Å². The highest BCUT2D eigenvalue weighted by Crippen LogP contribution is 2.17. The molecule has 0 aliphatic heterocycles. The Bertz CT molecular complexity index is 717. The van der Waals surface area contributed by atoms with Crippen LogP contribution in [0.15, 0.2) is 51.6 Å². The number of furan rings is 1. The summed E-state index contributed by atoms with van der Waals surface area (Å²) in [6, 6.07) is 9.89. The van der Waals surface area contributed by atoms with Gasteiger partial charge in [0, 0.05) is 4.47 Å². The van der Waals surface area contributed by atoms with Crippen LogP contribution < -0.4 is 15.6 Å². The summed E-state index contributed by atoms with van der Waals surface area (Å²) in [5.74, 6) is -1.53. The van der Waals surface area contributed by atoms with Crippen molar-refractivity contribution in [1.82, 2.24) is 10.9 Å². The van der Waals surface area contributed by atoms with Crippen LogP contribution in [0.25, 0.3) is 0 Å². The van der Waals surface area contributed by atoms with Crippen LogP contribution >= 0.6 is 15.9 Å². The van der Waals surface area contributed by atoms with Crippen LogP contribution in [-0.2, 0) is 14.3 Å². The van der Waals surface area contributed by atoms with Crippen LogP contribution in [0.5, 0.6) is 5.75 Å². The molecule has 0 aliphatic rings. The zero-order valence-electron chi connectivity index (χ0n) is 12.3. The monoisotopic (exact) mass is 396 g/mol. The number of hydrazine groups is 1. The van der Waals surface area contributed by atoms with Crippen molar-refractivity contribution in [2.45, 2.75) is 0 Å². The Kier molecular flexibility index (Phi) is 6.38. The minimum Gasteiger partial charge on any atom is -0.482 e. The molecule has 0 spiro atoms. The largest absolute Gasteiger partial charge is 0.482 e. The summed E-state index contributed by atoms with van der Waals surface area (Å²) in [6.45, 7) is -0.901. The number of carbonyl (C=O) groups excluding carboxylic acids is 3. The van der Waals surface area contributed by atoms with Gasteiger partial charge < -0.3 is 13.9 Å². The molecule has 2 amide bonds. The van der Waals surface area contributed by atoms with Crippen LogP contribution in [0.1, 0.15) is 10.6 Å².